The second-order valence-corrected chi connectivity index (χ2v) is 3.57. The van der Waals surface area contributed by atoms with Gasteiger partial charge in [0.1, 0.15) is 0 Å². The maximum absolute atomic E-state index is 10.9. The Bertz CT molecular complexity index is 325. The second kappa shape index (κ2) is 3.63. The highest BCUT2D eigenvalue weighted by atomic mass is 32.1. The van der Waals surface area contributed by atoms with E-state index in [1.54, 1.807) is 23.8 Å². The minimum atomic E-state index is 0.114. The first kappa shape index (κ1) is 9.13. The Labute approximate surface area is 76.0 Å². The lowest BCUT2D eigenvalue weighted by Gasteiger charge is -1.92. The third-order valence-electron chi connectivity index (χ3n) is 1.69. The quantitative estimate of drug-likeness (QED) is 0.656. The van der Waals surface area contributed by atoms with Crippen molar-refractivity contribution in [3.8, 4) is 0 Å². The summed E-state index contributed by atoms with van der Waals surface area (Å²) >= 11 is 1.56. The lowest BCUT2D eigenvalue weighted by Crippen LogP contribution is -1.90. The fraction of sp³-hybridized carbons (Fsp3) is 0.333. The van der Waals surface area contributed by atoms with Gasteiger partial charge >= 0.3 is 0 Å². The van der Waals surface area contributed by atoms with Gasteiger partial charge in [-0.15, -0.1) is 11.3 Å². The molecular formula is C9H11NOS. The molecule has 0 radical (unpaired) electrons. The van der Waals surface area contributed by atoms with Crippen LogP contribution in [0.15, 0.2) is 11.1 Å². The number of allylic oxidation sites excluding steroid dienone is 1. The summed E-state index contributed by atoms with van der Waals surface area (Å²) in [7, 11) is 0. The number of carbonyl (C=O) groups excluding carboxylic acids is 1. The minimum absolute atomic E-state index is 0.114. The van der Waals surface area contributed by atoms with Crippen LogP contribution in [0.25, 0.3) is 6.08 Å². The molecule has 0 unspecified atom stereocenters. The number of rotatable bonds is 2. The average molecular weight is 181 g/mol. The van der Waals surface area contributed by atoms with Gasteiger partial charge in [-0.25, -0.2) is 4.98 Å². The van der Waals surface area contributed by atoms with Gasteiger partial charge in [-0.05, 0) is 32.4 Å². The van der Waals surface area contributed by atoms with Crippen LogP contribution in [0.3, 0.4) is 0 Å². The second-order valence-electron chi connectivity index (χ2n) is 2.69. The van der Waals surface area contributed by atoms with Crippen LogP contribution < -0.4 is 0 Å². The molecule has 0 aliphatic heterocycles. The molecule has 1 rings (SSSR count). The molecule has 12 heavy (non-hydrogen) atoms. The molecule has 0 fully saturated rings. The molecule has 0 aromatic carbocycles. The third kappa shape index (κ3) is 2.01. The van der Waals surface area contributed by atoms with Crippen LogP contribution in [-0.4, -0.2) is 10.8 Å². The summed E-state index contributed by atoms with van der Waals surface area (Å²) in [6.07, 6.45) is 1.88. The van der Waals surface area contributed by atoms with E-state index in [2.05, 4.69) is 4.98 Å². The molecule has 0 aliphatic carbocycles. The molecule has 1 aromatic rings. The summed E-state index contributed by atoms with van der Waals surface area (Å²) in [5.74, 6) is 0.114. The van der Waals surface area contributed by atoms with Crippen LogP contribution in [0, 0.1) is 6.92 Å². The molecule has 0 saturated carbocycles. The van der Waals surface area contributed by atoms with E-state index in [-0.39, 0.29) is 5.78 Å². The highest BCUT2D eigenvalue weighted by Crippen LogP contribution is 2.16. The molecule has 1 aromatic heterocycles. The molecular weight excluding hydrogens is 170 g/mol. The summed E-state index contributed by atoms with van der Waals surface area (Å²) in [4.78, 5) is 16.1. The SMILES string of the molecule is CC(=O)C(C)=Cc1scnc1C. The molecule has 0 amide bonds. The number of ketones is 1. The lowest BCUT2D eigenvalue weighted by atomic mass is 10.2. The number of Topliss-reactive ketones (excluding diaryl/α,β-unsaturated/α-hetero) is 1. The number of thiazole rings is 1. The number of aromatic nitrogens is 1. The van der Waals surface area contributed by atoms with Gasteiger partial charge in [0.25, 0.3) is 0 Å². The van der Waals surface area contributed by atoms with Crippen molar-refractivity contribution >= 4 is 23.2 Å². The van der Waals surface area contributed by atoms with Gasteiger partial charge < -0.3 is 0 Å². The maximum Gasteiger partial charge on any atom is 0.155 e. The molecule has 64 valence electrons. The van der Waals surface area contributed by atoms with E-state index in [1.165, 1.54) is 0 Å². The van der Waals surface area contributed by atoms with Crippen molar-refractivity contribution in [3.63, 3.8) is 0 Å². The standard InChI is InChI=1S/C9H11NOS/c1-6(8(3)11)4-9-7(2)10-5-12-9/h4-5H,1-3H3. The summed E-state index contributed by atoms with van der Waals surface area (Å²) in [6, 6.07) is 0. The smallest absolute Gasteiger partial charge is 0.155 e. The van der Waals surface area contributed by atoms with E-state index < -0.39 is 0 Å². The summed E-state index contributed by atoms with van der Waals surface area (Å²) < 4.78 is 0. The maximum atomic E-state index is 10.9. The Hall–Kier alpha value is -0.960. The van der Waals surface area contributed by atoms with Gasteiger partial charge in [0.05, 0.1) is 16.1 Å². The molecule has 3 heteroatoms. The molecule has 1 heterocycles. The molecule has 0 aliphatic rings. The van der Waals surface area contributed by atoms with Crippen molar-refractivity contribution in [3.05, 3.63) is 21.7 Å². The van der Waals surface area contributed by atoms with Crippen LogP contribution in [0.1, 0.15) is 24.4 Å². The fourth-order valence-electron chi connectivity index (χ4n) is 0.748. The highest BCUT2D eigenvalue weighted by molar-refractivity contribution is 7.10. The zero-order chi connectivity index (χ0) is 9.14. The van der Waals surface area contributed by atoms with Gasteiger partial charge in [0.15, 0.2) is 5.78 Å². The first-order valence-electron chi connectivity index (χ1n) is 3.70. The Kier molecular flexibility index (Phi) is 2.76. The average Bonchev–Trinajstić information content (AvgIpc) is 2.36. The van der Waals surface area contributed by atoms with Crippen LogP contribution in [0.2, 0.25) is 0 Å². The Morgan fingerprint density at radius 2 is 2.25 bits per heavy atom. The molecule has 0 bridgehead atoms. The molecule has 0 saturated heterocycles. The van der Waals surface area contributed by atoms with Crippen molar-refractivity contribution in [2.24, 2.45) is 0 Å². The van der Waals surface area contributed by atoms with Gasteiger partial charge in [0, 0.05) is 0 Å². The van der Waals surface area contributed by atoms with Gasteiger partial charge in [0.2, 0.25) is 0 Å². The predicted molar refractivity (Wildman–Crippen MR) is 51.2 cm³/mol. The Balaban J connectivity index is 2.95. The van der Waals surface area contributed by atoms with Crippen LogP contribution >= 0.6 is 11.3 Å². The minimum Gasteiger partial charge on any atom is -0.295 e. The summed E-state index contributed by atoms with van der Waals surface area (Å²) in [5.41, 5.74) is 3.55. The van der Waals surface area contributed by atoms with Crippen molar-refractivity contribution in [2.75, 3.05) is 0 Å². The van der Waals surface area contributed by atoms with Gasteiger partial charge in [-0.2, -0.15) is 0 Å². The summed E-state index contributed by atoms with van der Waals surface area (Å²) in [5, 5.41) is 0. The number of hydrogen-bond donors (Lipinski definition) is 0. The first-order valence-corrected chi connectivity index (χ1v) is 4.58. The largest absolute Gasteiger partial charge is 0.295 e. The molecule has 2 nitrogen and oxygen atoms in total. The van der Waals surface area contributed by atoms with Gasteiger partial charge in [-0.3, -0.25) is 4.79 Å². The van der Waals surface area contributed by atoms with E-state index >= 15 is 0 Å². The van der Waals surface area contributed by atoms with E-state index in [4.69, 9.17) is 0 Å². The third-order valence-corrected chi connectivity index (χ3v) is 2.56. The van der Waals surface area contributed by atoms with Crippen LogP contribution in [0.5, 0.6) is 0 Å². The fourth-order valence-corrected chi connectivity index (χ4v) is 1.54. The summed E-state index contributed by atoms with van der Waals surface area (Å²) in [6.45, 7) is 5.33. The van der Waals surface area contributed by atoms with E-state index in [9.17, 15) is 4.79 Å². The predicted octanol–water partition coefficient (Wildman–Crippen LogP) is 2.44. The van der Waals surface area contributed by atoms with Crippen molar-refractivity contribution in [1.82, 2.24) is 4.98 Å². The number of aryl methyl sites for hydroxylation is 1. The van der Waals surface area contributed by atoms with Crippen molar-refractivity contribution in [2.45, 2.75) is 20.8 Å². The zero-order valence-corrected chi connectivity index (χ0v) is 8.23. The zero-order valence-electron chi connectivity index (χ0n) is 7.42. The number of hydrogen-bond acceptors (Lipinski definition) is 3. The Morgan fingerprint density at radius 1 is 1.58 bits per heavy atom. The molecule has 0 N–H and O–H groups in total. The molecule has 0 atom stereocenters. The topological polar surface area (TPSA) is 30.0 Å². The van der Waals surface area contributed by atoms with Crippen molar-refractivity contribution < 1.29 is 4.79 Å². The molecule has 0 spiro atoms. The number of nitrogens with zero attached hydrogens (tertiary/aromatic N) is 1. The first-order chi connectivity index (χ1) is 5.61. The van der Waals surface area contributed by atoms with Crippen molar-refractivity contribution in [1.29, 1.82) is 0 Å². The van der Waals surface area contributed by atoms with E-state index in [0.29, 0.717) is 0 Å². The number of carbonyl (C=O) groups is 1. The van der Waals surface area contributed by atoms with E-state index in [1.807, 2.05) is 19.9 Å². The van der Waals surface area contributed by atoms with Crippen LogP contribution in [0.4, 0.5) is 0 Å². The normalized spacial score (nSPS) is 11.8. The van der Waals surface area contributed by atoms with E-state index in [0.717, 1.165) is 16.1 Å². The Morgan fingerprint density at radius 3 is 2.67 bits per heavy atom. The lowest BCUT2D eigenvalue weighted by molar-refractivity contribution is -0.113. The van der Waals surface area contributed by atoms with Crippen LogP contribution in [-0.2, 0) is 4.79 Å². The highest BCUT2D eigenvalue weighted by Gasteiger charge is 2.00. The van der Waals surface area contributed by atoms with Gasteiger partial charge in [-0.1, -0.05) is 0 Å². The monoisotopic (exact) mass is 181 g/mol.